The Bertz CT molecular complexity index is 432. The lowest BCUT2D eigenvalue weighted by Gasteiger charge is -2.05. The number of amides is 2. The number of hydrogen-bond donors (Lipinski definition) is 2. The molecule has 0 bridgehead atoms. The number of rotatable bonds is 5. The van der Waals surface area contributed by atoms with E-state index < -0.39 is 0 Å². The molecule has 4 nitrogen and oxygen atoms in total. The zero-order chi connectivity index (χ0) is 12.7. The lowest BCUT2D eigenvalue weighted by Crippen LogP contribution is -2.36. The Kier molecular flexibility index (Phi) is 5.42. The average molecular weight is 297 g/mol. The molecular formula is C12H13BrN2O2. The number of carbonyl (C=O) groups is 2. The molecule has 0 aliphatic rings. The molecule has 0 atom stereocenters. The number of halogens is 1. The van der Waals surface area contributed by atoms with Crippen LogP contribution >= 0.6 is 15.9 Å². The van der Waals surface area contributed by atoms with Crippen molar-refractivity contribution in [2.75, 3.05) is 13.1 Å². The van der Waals surface area contributed by atoms with Gasteiger partial charge in [-0.1, -0.05) is 28.1 Å². The number of hydrogen-bond acceptors (Lipinski definition) is 2. The highest BCUT2D eigenvalue weighted by molar-refractivity contribution is 9.10. The van der Waals surface area contributed by atoms with Gasteiger partial charge < -0.3 is 10.6 Å². The summed E-state index contributed by atoms with van der Waals surface area (Å²) in [6.45, 7) is 3.83. The van der Waals surface area contributed by atoms with Gasteiger partial charge in [-0.15, -0.1) is 6.58 Å². The Morgan fingerprint density at radius 1 is 1.35 bits per heavy atom. The van der Waals surface area contributed by atoms with Gasteiger partial charge >= 0.3 is 0 Å². The Labute approximate surface area is 108 Å². The summed E-state index contributed by atoms with van der Waals surface area (Å²) in [5, 5.41) is 5.10. The van der Waals surface area contributed by atoms with E-state index in [9.17, 15) is 9.59 Å². The molecule has 0 aliphatic heterocycles. The first-order valence-corrected chi connectivity index (χ1v) is 5.84. The molecule has 0 saturated heterocycles. The Morgan fingerprint density at radius 2 is 2.12 bits per heavy atom. The zero-order valence-electron chi connectivity index (χ0n) is 9.20. The Morgan fingerprint density at radius 3 is 2.76 bits per heavy atom. The van der Waals surface area contributed by atoms with Crippen LogP contribution in [-0.4, -0.2) is 24.9 Å². The van der Waals surface area contributed by atoms with E-state index in [1.165, 1.54) is 0 Å². The molecule has 0 radical (unpaired) electrons. The van der Waals surface area contributed by atoms with Crippen molar-refractivity contribution >= 4 is 27.7 Å². The highest BCUT2D eigenvalue weighted by atomic mass is 79.9. The highest BCUT2D eigenvalue weighted by Gasteiger charge is 2.07. The Hall–Kier alpha value is -1.62. The normalized spacial score (nSPS) is 9.47. The van der Waals surface area contributed by atoms with E-state index in [0.29, 0.717) is 12.1 Å². The molecule has 0 aliphatic carbocycles. The van der Waals surface area contributed by atoms with E-state index in [1.807, 2.05) is 6.07 Å². The predicted octanol–water partition coefficient (Wildman–Crippen LogP) is 1.48. The van der Waals surface area contributed by atoms with Crippen LogP contribution in [0.3, 0.4) is 0 Å². The maximum absolute atomic E-state index is 11.6. The molecule has 0 fully saturated rings. The minimum atomic E-state index is -0.278. The van der Waals surface area contributed by atoms with Crippen molar-refractivity contribution in [2.24, 2.45) is 0 Å². The summed E-state index contributed by atoms with van der Waals surface area (Å²) in [6.07, 6.45) is 1.58. The second-order valence-electron chi connectivity index (χ2n) is 3.29. The summed E-state index contributed by atoms with van der Waals surface area (Å²) in [7, 11) is 0. The van der Waals surface area contributed by atoms with Crippen LogP contribution in [0.5, 0.6) is 0 Å². The van der Waals surface area contributed by atoms with Gasteiger partial charge in [0, 0.05) is 16.6 Å². The van der Waals surface area contributed by atoms with Crippen LogP contribution in [-0.2, 0) is 4.79 Å². The van der Waals surface area contributed by atoms with Crippen molar-refractivity contribution in [1.29, 1.82) is 0 Å². The van der Waals surface area contributed by atoms with E-state index in [4.69, 9.17) is 0 Å². The first-order valence-electron chi connectivity index (χ1n) is 5.05. The van der Waals surface area contributed by atoms with Gasteiger partial charge in [0.05, 0.1) is 6.54 Å². The third-order valence-corrected chi connectivity index (χ3v) is 2.43. The second-order valence-corrected chi connectivity index (χ2v) is 4.20. The minimum Gasteiger partial charge on any atom is -0.351 e. The lowest BCUT2D eigenvalue weighted by molar-refractivity contribution is -0.119. The fraction of sp³-hybridized carbons (Fsp3) is 0.167. The van der Waals surface area contributed by atoms with Crippen LogP contribution in [0.2, 0.25) is 0 Å². The molecule has 2 N–H and O–H groups in total. The molecule has 0 saturated carbocycles. The van der Waals surface area contributed by atoms with Crippen LogP contribution in [0, 0.1) is 0 Å². The van der Waals surface area contributed by atoms with Crippen LogP contribution in [0.25, 0.3) is 0 Å². The number of nitrogens with one attached hydrogen (secondary N) is 2. The third kappa shape index (κ3) is 4.82. The highest BCUT2D eigenvalue weighted by Crippen LogP contribution is 2.11. The topological polar surface area (TPSA) is 58.2 Å². The quantitative estimate of drug-likeness (QED) is 0.809. The van der Waals surface area contributed by atoms with Crippen molar-refractivity contribution in [3.8, 4) is 0 Å². The van der Waals surface area contributed by atoms with Gasteiger partial charge in [0.15, 0.2) is 0 Å². The lowest BCUT2D eigenvalue weighted by atomic mass is 10.2. The molecular weight excluding hydrogens is 284 g/mol. The summed E-state index contributed by atoms with van der Waals surface area (Å²) >= 11 is 3.27. The van der Waals surface area contributed by atoms with Gasteiger partial charge in [0.1, 0.15) is 0 Å². The molecule has 5 heteroatoms. The molecule has 90 valence electrons. The maximum Gasteiger partial charge on any atom is 0.251 e. The van der Waals surface area contributed by atoms with Crippen LogP contribution in [0.1, 0.15) is 10.4 Å². The molecule has 17 heavy (non-hydrogen) atoms. The molecule has 0 heterocycles. The fourth-order valence-electron chi connectivity index (χ4n) is 1.14. The molecule has 1 rings (SSSR count). The first-order chi connectivity index (χ1) is 8.13. The molecule has 2 amide bonds. The van der Waals surface area contributed by atoms with Crippen molar-refractivity contribution in [3.63, 3.8) is 0 Å². The first kappa shape index (κ1) is 13.4. The molecule has 1 aromatic rings. The summed E-state index contributed by atoms with van der Waals surface area (Å²) in [6, 6.07) is 6.96. The molecule has 1 aromatic carbocycles. The standard InChI is InChI=1S/C12H13BrN2O2/c1-2-6-14-11(16)8-15-12(17)9-4-3-5-10(13)7-9/h2-5,7H,1,6,8H2,(H,14,16)(H,15,17). The monoisotopic (exact) mass is 296 g/mol. The van der Waals surface area contributed by atoms with Gasteiger partial charge in [0.25, 0.3) is 5.91 Å². The maximum atomic E-state index is 11.6. The fourth-order valence-corrected chi connectivity index (χ4v) is 1.54. The van der Waals surface area contributed by atoms with Crippen LogP contribution in [0.15, 0.2) is 41.4 Å². The van der Waals surface area contributed by atoms with E-state index in [2.05, 4.69) is 33.1 Å². The van der Waals surface area contributed by atoms with Crippen molar-refractivity contribution in [3.05, 3.63) is 47.0 Å². The van der Waals surface area contributed by atoms with Gasteiger partial charge in [-0.2, -0.15) is 0 Å². The van der Waals surface area contributed by atoms with Gasteiger partial charge in [-0.3, -0.25) is 9.59 Å². The van der Waals surface area contributed by atoms with Crippen molar-refractivity contribution < 1.29 is 9.59 Å². The summed E-state index contributed by atoms with van der Waals surface area (Å²) in [4.78, 5) is 22.9. The third-order valence-electron chi connectivity index (χ3n) is 1.94. The van der Waals surface area contributed by atoms with Gasteiger partial charge in [-0.25, -0.2) is 0 Å². The minimum absolute atomic E-state index is 0.0425. The van der Waals surface area contributed by atoms with E-state index in [1.54, 1.807) is 24.3 Å². The Balaban J connectivity index is 2.45. The second kappa shape index (κ2) is 6.85. The van der Waals surface area contributed by atoms with E-state index in [-0.39, 0.29) is 18.4 Å². The number of benzene rings is 1. The van der Waals surface area contributed by atoms with Crippen LogP contribution in [0.4, 0.5) is 0 Å². The summed E-state index contributed by atoms with van der Waals surface area (Å²) in [5.74, 6) is -0.520. The predicted molar refractivity (Wildman–Crippen MR) is 69.7 cm³/mol. The average Bonchev–Trinajstić information content (AvgIpc) is 2.33. The summed E-state index contributed by atoms with van der Waals surface area (Å²) < 4.78 is 0.821. The number of carbonyl (C=O) groups excluding carboxylic acids is 2. The van der Waals surface area contributed by atoms with Crippen molar-refractivity contribution in [2.45, 2.75) is 0 Å². The SMILES string of the molecule is C=CCNC(=O)CNC(=O)c1cccc(Br)c1. The largest absolute Gasteiger partial charge is 0.351 e. The van der Waals surface area contributed by atoms with E-state index in [0.717, 1.165) is 4.47 Å². The van der Waals surface area contributed by atoms with Gasteiger partial charge in [-0.05, 0) is 18.2 Å². The molecule has 0 aromatic heterocycles. The van der Waals surface area contributed by atoms with Crippen LogP contribution < -0.4 is 10.6 Å². The zero-order valence-corrected chi connectivity index (χ0v) is 10.8. The molecule has 0 unspecified atom stereocenters. The smallest absolute Gasteiger partial charge is 0.251 e. The summed E-state index contributed by atoms with van der Waals surface area (Å²) in [5.41, 5.74) is 0.510. The van der Waals surface area contributed by atoms with Gasteiger partial charge in [0.2, 0.25) is 5.91 Å². The van der Waals surface area contributed by atoms with E-state index >= 15 is 0 Å². The molecule has 0 spiro atoms. The van der Waals surface area contributed by atoms with Crippen molar-refractivity contribution in [1.82, 2.24) is 10.6 Å².